The van der Waals surface area contributed by atoms with Gasteiger partial charge < -0.3 is 24.3 Å². The summed E-state index contributed by atoms with van der Waals surface area (Å²) in [4.78, 5) is 37.8. The van der Waals surface area contributed by atoms with Crippen LogP contribution in [0.2, 0.25) is 0 Å². The summed E-state index contributed by atoms with van der Waals surface area (Å²) in [6, 6.07) is 8.00. The van der Waals surface area contributed by atoms with Crippen molar-refractivity contribution in [2.75, 3.05) is 26.6 Å². The predicted octanol–water partition coefficient (Wildman–Crippen LogP) is 3.36. The summed E-state index contributed by atoms with van der Waals surface area (Å²) in [5.41, 5.74) is -0.186. The van der Waals surface area contributed by atoms with Crippen LogP contribution in [-0.2, 0) is 20.7 Å². The number of fused-ring (bicyclic) bond motifs is 1. The zero-order valence-electron chi connectivity index (χ0n) is 16.8. The molecule has 0 aliphatic carbocycles. The number of amides is 1. The molecule has 1 heterocycles. The maximum atomic E-state index is 13.1. The van der Waals surface area contributed by atoms with Gasteiger partial charge in [-0.25, -0.2) is 9.59 Å². The van der Waals surface area contributed by atoms with Crippen molar-refractivity contribution in [3.8, 4) is 11.5 Å². The molecule has 8 nitrogen and oxygen atoms in total. The van der Waals surface area contributed by atoms with Crippen LogP contribution < -0.4 is 14.8 Å². The second-order valence-electron chi connectivity index (χ2n) is 6.80. The van der Waals surface area contributed by atoms with Gasteiger partial charge in [-0.05, 0) is 30.7 Å². The molecule has 0 spiro atoms. The number of carbonyl (C=O) groups excluding carboxylic acids is 3. The fraction of sp³-hybridized carbons (Fsp3) is 0.286. The number of cyclic esters (lactones) is 1. The third kappa shape index (κ3) is 3.97. The molecule has 1 N–H and O–H groups in total. The summed E-state index contributed by atoms with van der Waals surface area (Å²) >= 11 is 3.37. The van der Waals surface area contributed by atoms with E-state index < -0.39 is 23.4 Å². The third-order valence-electron chi connectivity index (χ3n) is 4.79. The van der Waals surface area contributed by atoms with Crippen molar-refractivity contribution in [1.82, 2.24) is 0 Å². The number of carbonyl (C=O) groups is 3. The van der Waals surface area contributed by atoms with E-state index in [-0.39, 0.29) is 17.7 Å². The Balaban J connectivity index is 1.97. The van der Waals surface area contributed by atoms with Crippen LogP contribution in [0.3, 0.4) is 0 Å². The van der Waals surface area contributed by atoms with Gasteiger partial charge in [0.2, 0.25) is 0 Å². The van der Waals surface area contributed by atoms with E-state index in [2.05, 4.69) is 21.2 Å². The zero-order chi connectivity index (χ0) is 22.1. The van der Waals surface area contributed by atoms with Gasteiger partial charge in [-0.15, -0.1) is 0 Å². The molecule has 9 heteroatoms. The minimum atomic E-state index is -1.48. The lowest BCUT2D eigenvalue weighted by atomic mass is 9.89. The van der Waals surface area contributed by atoms with Crippen LogP contribution in [0.1, 0.15) is 33.2 Å². The smallest absolute Gasteiger partial charge is 0.340 e. The standard InChI is InChI=1S/C21H20BrNO7/c1-21(10-11-7-12(22)5-6-13(11)19(25)30-21)20(26)23-15-9-17(28-3)16(27-2)8-14(15)18(24)29-4/h5-9H,10H2,1-4H3,(H,23,26). The molecular weight excluding hydrogens is 458 g/mol. The van der Waals surface area contributed by atoms with Crippen molar-refractivity contribution in [3.05, 3.63) is 51.5 Å². The fourth-order valence-corrected chi connectivity index (χ4v) is 3.62. The number of benzene rings is 2. The van der Waals surface area contributed by atoms with E-state index in [9.17, 15) is 14.4 Å². The van der Waals surface area contributed by atoms with Crippen molar-refractivity contribution >= 4 is 39.5 Å². The quantitative estimate of drug-likeness (QED) is 0.658. The summed E-state index contributed by atoms with van der Waals surface area (Å²) in [7, 11) is 4.08. The van der Waals surface area contributed by atoms with E-state index in [1.165, 1.54) is 40.4 Å². The highest BCUT2D eigenvalue weighted by atomic mass is 79.9. The minimum Gasteiger partial charge on any atom is -0.493 e. The Bertz CT molecular complexity index is 1040. The first-order valence-corrected chi connectivity index (χ1v) is 9.69. The van der Waals surface area contributed by atoms with Crippen molar-refractivity contribution < 1.29 is 33.3 Å². The molecule has 1 aliphatic heterocycles. The average molecular weight is 478 g/mol. The summed E-state index contributed by atoms with van der Waals surface area (Å²) in [5, 5.41) is 2.66. The molecule has 0 radical (unpaired) electrons. The molecule has 0 fully saturated rings. The number of rotatable bonds is 5. The molecule has 1 unspecified atom stereocenters. The molecule has 0 saturated heterocycles. The van der Waals surface area contributed by atoms with E-state index in [1.54, 1.807) is 18.2 Å². The average Bonchev–Trinajstić information content (AvgIpc) is 2.72. The van der Waals surface area contributed by atoms with Gasteiger partial charge in [0, 0.05) is 23.0 Å². The van der Waals surface area contributed by atoms with Crippen LogP contribution in [-0.4, -0.2) is 44.8 Å². The molecular formula is C21H20BrNO7. The number of hydrogen-bond donors (Lipinski definition) is 1. The van der Waals surface area contributed by atoms with Crippen LogP contribution in [0.25, 0.3) is 0 Å². The SMILES string of the molecule is COC(=O)c1cc(OC)c(OC)cc1NC(=O)C1(C)Cc2cc(Br)ccc2C(=O)O1. The lowest BCUT2D eigenvalue weighted by Gasteiger charge is -2.33. The number of ether oxygens (including phenoxy) is 4. The summed E-state index contributed by atoms with van der Waals surface area (Å²) in [6.45, 7) is 1.52. The Labute approximate surface area is 181 Å². The topological polar surface area (TPSA) is 100 Å². The van der Waals surface area contributed by atoms with Crippen LogP contribution in [0.4, 0.5) is 5.69 Å². The molecule has 3 rings (SSSR count). The van der Waals surface area contributed by atoms with Crippen molar-refractivity contribution in [1.29, 1.82) is 0 Å². The summed E-state index contributed by atoms with van der Waals surface area (Å²) < 4.78 is 21.5. The van der Waals surface area contributed by atoms with Gasteiger partial charge in [0.1, 0.15) is 0 Å². The van der Waals surface area contributed by atoms with Gasteiger partial charge in [0.15, 0.2) is 17.1 Å². The van der Waals surface area contributed by atoms with Gasteiger partial charge in [-0.1, -0.05) is 15.9 Å². The van der Waals surface area contributed by atoms with E-state index in [0.29, 0.717) is 22.6 Å². The number of nitrogens with one attached hydrogen (secondary N) is 1. The minimum absolute atomic E-state index is 0.0670. The van der Waals surface area contributed by atoms with Gasteiger partial charge in [0.05, 0.1) is 38.1 Å². The van der Waals surface area contributed by atoms with Gasteiger partial charge in [0.25, 0.3) is 5.91 Å². The molecule has 0 saturated carbocycles. The molecule has 2 aromatic carbocycles. The number of hydrogen-bond acceptors (Lipinski definition) is 7. The van der Waals surface area contributed by atoms with Crippen molar-refractivity contribution in [2.24, 2.45) is 0 Å². The molecule has 0 bridgehead atoms. The lowest BCUT2D eigenvalue weighted by molar-refractivity contribution is -0.134. The third-order valence-corrected chi connectivity index (χ3v) is 5.28. The Morgan fingerprint density at radius 2 is 1.77 bits per heavy atom. The van der Waals surface area contributed by atoms with Gasteiger partial charge in [-0.2, -0.15) is 0 Å². The summed E-state index contributed by atoms with van der Waals surface area (Å²) in [5.74, 6) is -1.27. The number of anilines is 1. The monoisotopic (exact) mass is 477 g/mol. The summed E-state index contributed by atoms with van der Waals surface area (Å²) in [6.07, 6.45) is 0.167. The van der Waals surface area contributed by atoms with Crippen molar-refractivity contribution in [2.45, 2.75) is 18.9 Å². The van der Waals surface area contributed by atoms with Crippen LogP contribution in [0.5, 0.6) is 11.5 Å². The van der Waals surface area contributed by atoms with E-state index in [1.807, 2.05) is 0 Å². The van der Waals surface area contributed by atoms with E-state index in [0.717, 1.165) is 4.47 Å². The van der Waals surface area contributed by atoms with Gasteiger partial charge in [-0.3, -0.25) is 4.79 Å². The van der Waals surface area contributed by atoms with Crippen LogP contribution in [0, 0.1) is 0 Å². The molecule has 2 aromatic rings. The first-order valence-electron chi connectivity index (χ1n) is 8.90. The van der Waals surface area contributed by atoms with Crippen LogP contribution >= 0.6 is 15.9 Å². The lowest BCUT2D eigenvalue weighted by Crippen LogP contribution is -2.49. The Morgan fingerprint density at radius 1 is 1.10 bits per heavy atom. The number of halogens is 1. The molecule has 1 amide bonds. The highest BCUT2D eigenvalue weighted by molar-refractivity contribution is 9.10. The maximum Gasteiger partial charge on any atom is 0.340 e. The van der Waals surface area contributed by atoms with E-state index in [4.69, 9.17) is 18.9 Å². The molecule has 1 atom stereocenters. The fourth-order valence-electron chi connectivity index (χ4n) is 3.21. The predicted molar refractivity (Wildman–Crippen MR) is 111 cm³/mol. The maximum absolute atomic E-state index is 13.1. The van der Waals surface area contributed by atoms with Crippen molar-refractivity contribution in [3.63, 3.8) is 0 Å². The number of esters is 2. The Kier molecular flexibility index (Phi) is 6.02. The van der Waals surface area contributed by atoms with E-state index >= 15 is 0 Å². The normalized spacial score (nSPS) is 17.4. The largest absolute Gasteiger partial charge is 0.493 e. The molecule has 1 aliphatic rings. The Hall–Kier alpha value is -3.07. The number of methoxy groups -OCH3 is 3. The second-order valence-corrected chi connectivity index (χ2v) is 7.71. The first-order chi connectivity index (χ1) is 14.2. The van der Waals surface area contributed by atoms with Crippen LogP contribution in [0.15, 0.2) is 34.8 Å². The first kappa shape index (κ1) is 21.6. The second kappa shape index (κ2) is 8.35. The van der Waals surface area contributed by atoms with Gasteiger partial charge >= 0.3 is 11.9 Å². The Morgan fingerprint density at radius 3 is 2.40 bits per heavy atom. The highest BCUT2D eigenvalue weighted by Gasteiger charge is 2.43. The highest BCUT2D eigenvalue weighted by Crippen LogP contribution is 2.36. The molecule has 158 valence electrons. The molecule has 30 heavy (non-hydrogen) atoms. The molecule has 0 aromatic heterocycles. The zero-order valence-corrected chi connectivity index (χ0v) is 18.4.